The van der Waals surface area contributed by atoms with Gasteiger partial charge in [0.2, 0.25) is 0 Å². The highest BCUT2D eigenvalue weighted by Crippen LogP contribution is 2.20. The first-order valence-corrected chi connectivity index (χ1v) is 10.3. The lowest BCUT2D eigenvalue weighted by atomic mass is 10.1. The lowest BCUT2D eigenvalue weighted by Gasteiger charge is -2.15. The summed E-state index contributed by atoms with van der Waals surface area (Å²) in [5.74, 6) is 6.87. The Labute approximate surface area is 193 Å². The average Bonchev–Trinajstić information content (AvgIpc) is 3.21. The lowest BCUT2D eigenvalue weighted by molar-refractivity contribution is 0.0917. The summed E-state index contributed by atoms with van der Waals surface area (Å²) >= 11 is 0. The van der Waals surface area contributed by atoms with E-state index in [9.17, 15) is 4.79 Å². The van der Waals surface area contributed by atoms with Crippen molar-refractivity contribution >= 4 is 17.4 Å². The Morgan fingerprint density at radius 1 is 1.15 bits per heavy atom. The molecule has 8 nitrogen and oxygen atoms in total. The number of anilines is 2. The van der Waals surface area contributed by atoms with Crippen molar-refractivity contribution in [3.8, 4) is 23.7 Å². The van der Waals surface area contributed by atoms with Gasteiger partial charge in [-0.15, -0.1) is 0 Å². The predicted molar refractivity (Wildman–Crippen MR) is 126 cm³/mol. The topological polar surface area (TPSA) is 101 Å². The van der Waals surface area contributed by atoms with Gasteiger partial charge in [0.1, 0.15) is 18.4 Å². The third-order valence-electron chi connectivity index (χ3n) is 4.47. The first-order chi connectivity index (χ1) is 16.0. The molecule has 33 heavy (non-hydrogen) atoms. The summed E-state index contributed by atoms with van der Waals surface area (Å²) in [5, 5.41) is 18.6. The molecule has 0 bridgehead atoms. The fourth-order valence-electron chi connectivity index (χ4n) is 3.00. The number of rotatable bonds is 8. The van der Waals surface area contributed by atoms with Crippen LogP contribution in [0, 0.1) is 23.2 Å². The van der Waals surface area contributed by atoms with E-state index in [1.807, 2.05) is 37.3 Å². The van der Waals surface area contributed by atoms with Crippen LogP contribution in [0.2, 0.25) is 0 Å². The van der Waals surface area contributed by atoms with Crippen LogP contribution in [-0.4, -0.2) is 42.1 Å². The third-order valence-corrected chi connectivity index (χ3v) is 4.47. The number of carbonyl (C=O) groups is 1. The van der Waals surface area contributed by atoms with Crippen LogP contribution in [0.25, 0.3) is 0 Å². The Balaban J connectivity index is 1.85. The molecule has 0 unspecified atom stereocenters. The largest absolute Gasteiger partial charge is 0.488 e. The van der Waals surface area contributed by atoms with E-state index in [0.717, 1.165) is 11.3 Å². The maximum atomic E-state index is 12.8. The number of ether oxygens (including phenoxy) is 2. The van der Waals surface area contributed by atoms with Crippen molar-refractivity contribution in [2.75, 3.05) is 30.9 Å². The molecule has 8 heteroatoms. The van der Waals surface area contributed by atoms with Crippen molar-refractivity contribution in [1.82, 2.24) is 9.78 Å². The number of aryl methyl sites for hydroxylation is 1. The number of carbonyl (C=O) groups excluding carboxylic acids is 1. The highest BCUT2D eigenvalue weighted by Gasteiger charge is 2.12. The number of aromatic nitrogens is 2. The number of benzene rings is 2. The van der Waals surface area contributed by atoms with E-state index in [1.54, 1.807) is 49.3 Å². The Hall–Kier alpha value is -4.27. The summed E-state index contributed by atoms with van der Waals surface area (Å²) in [6.45, 7) is 2.54. The van der Waals surface area contributed by atoms with Gasteiger partial charge >= 0.3 is 0 Å². The van der Waals surface area contributed by atoms with Crippen molar-refractivity contribution in [3.05, 3.63) is 71.4 Å². The molecule has 1 heterocycles. The second-order valence-electron chi connectivity index (χ2n) is 7.30. The van der Waals surface area contributed by atoms with Crippen molar-refractivity contribution in [2.24, 2.45) is 7.05 Å². The number of hydrogen-bond acceptors (Lipinski definition) is 6. The van der Waals surface area contributed by atoms with Crippen LogP contribution < -0.4 is 15.4 Å². The molecule has 2 N–H and O–H groups in total. The van der Waals surface area contributed by atoms with E-state index in [4.69, 9.17) is 14.7 Å². The standard InChI is InChI=1S/C25H25N5O3/c1-18(17-32-3)33-23-15-20(5-4-19-6-8-22(9-7-19)27-12-11-26)14-21(16-23)25(31)28-24-10-13-30(2)29-24/h6-10,13-16,18,27H,12,17H2,1-3H3,(H,28,29,31)/t18-/m0/s1. The summed E-state index contributed by atoms with van der Waals surface area (Å²) in [4.78, 5) is 12.8. The van der Waals surface area contributed by atoms with Crippen molar-refractivity contribution < 1.29 is 14.3 Å². The van der Waals surface area contributed by atoms with Crippen molar-refractivity contribution in [2.45, 2.75) is 13.0 Å². The van der Waals surface area contributed by atoms with Crippen molar-refractivity contribution in [1.29, 1.82) is 5.26 Å². The zero-order chi connectivity index (χ0) is 23.6. The molecule has 2 aromatic carbocycles. The molecule has 0 fully saturated rings. The molecular formula is C25H25N5O3. The fourth-order valence-corrected chi connectivity index (χ4v) is 3.00. The van der Waals surface area contributed by atoms with Gasteiger partial charge in [0.15, 0.2) is 5.82 Å². The highest BCUT2D eigenvalue weighted by molar-refractivity contribution is 6.04. The minimum Gasteiger partial charge on any atom is -0.488 e. The molecule has 1 aromatic heterocycles. The molecule has 1 atom stereocenters. The number of nitrogens with one attached hydrogen (secondary N) is 2. The number of hydrogen-bond donors (Lipinski definition) is 2. The van der Waals surface area contributed by atoms with E-state index in [2.05, 4.69) is 27.6 Å². The van der Waals surface area contributed by atoms with Gasteiger partial charge in [0, 0.05) is 48.8 Å². The van der Waals surface area contributed by atoms with Gasteiger partial charge in [-0.2, -0.15) is 10.4 Å². The molecule has 0 aliphatic carbocycles. The smallest absolute Gasteiger partial charge is 0.257 e. The summed E-state index contributed by atoms with van der Waals surface area (Å²) in [6, 6.07) is 16.4. The minimum absolute atomic E-state index is 0.196. The summed E-state index contributed by atoms with van der Waals surface area (Å²) in [6.07, 6.45) is 1.55. The Morgan fingerprint density at radius 2 is 1.91 bits per heavy atom. The van der Waals surface area contributed by atoms with Gasteiger partial charge in [0.25, 0.3) is 5.91 Å². The normalized spacial score (nSPS) is 11.0. The zero-order valence-corrected chi connectivity index (χ0v) is 18.8. The Morgan fingerprint density at radius 3 is 2.58 bits per heavy atom. The number of nitrogens with zero attached hydrogens (tertiary/aromatic N) is 3. The summed E-state index contributed by atoms with van der Waals surface area (Å²) in [7, 11) is 3.38. The van der Waals surface area contributed by atoms with E-state index in [1.165, 1.54) is 0 Å². The van der Waals surface area contributed by atoms with E-state index < -0.39 is 0 Å². The fraction of sp³-hybridized carbons (Fsp3) is 0.240. The van der Waals surface area contributed by atoms with Crippen LogP contribution in [0.4, 0.5) is 11.5 Å². The van der Waals surface area contributed by atoms with Gasteiger partial charge in [0.05, 0.1) is 12.7 Å². The SMILES string of the molecule is COC[C@H](C)Oc1cc(C#Cc2ccc(NCC#N)cc2)cc(C(=O)Nc2ccn(C)n2)c1. The van der Waals surface area contributed by atoms with E-state index >= 15 is 0 Å². The van der Waals surface area contributed by atoms with Gasteiger partial charge in [-0.25, -0.2) is 0 Å². The van der Waals surface area contributed by atoms with E-state index in [0.29, 0.717) is 29.3 Å². The quantitative estimate of drug-likeness (QED) is 0.409. The molecule has 0 radical (unpaired) electrons. The molecule has 0 saturated heterocycles. The lowest BCUT2D eigenvalue weighted by Crippen LogP contribution is -2.19. The molecule has 0 aliphatic heterocycles. The molecule has 0 aliphatic rings. The van der Waals surface area contributed by atoms with Crippen LogP contribution in [-0.2, 0) is 11.8 Å². The summed E-state index contributed by atoms with van der Waals surface area (Å²) in [5.41, 5.74) is 2.69. The monoisotopic (exact) mass is 443 g/mol. The summed E-state index contributed by atoms with van der Waals surface area (Å²) < 4.78 is 12.7. The third kappa shape index (κ3) is 7.13. The van der Waals surface area contributed by atoms with E-state index in [-0.39, 0.29) is 18.6 Å². The maximum absolute atomic E-state index is 12.8. The van der Waals surface area contributed by atoms with Gasteiger partial charge in [-0.05, 0) is 49.4 Å². The zero-order valence-electron chi connectivity index (χ0n) is 18.8. The van der Waals surface area contributed by atoms with Crippen LogP contribution in [0.1, 0.15) is 28.4 Å². The first-order valence-electron chi connectivity index (χ1n) is 10.3. The van der Waals surface area contributed by atoms with Crippen LogP contribution >= 0.6 is 0 Å². The number of methoxy groups -OCH3 is 1. The van der Waals surface area contributed by atoms with Crippen LogP contribution in [0.3, 0.4) is 0 Å². The minimum atomic E-state index is -0.311. The Kier molecular flexibility index (Phi) is 8.07. The predicted octanol–water partition coefficient (Wildman–Crippen LogP) is 3.42. The van der Waals surface area contributed by atoms with Gasteiger partial charge in [-0.3, -0.25) is 9.48 Å². The molecule has 0 spiro atoms. The molecule has 0 saturated carbocycles. The Bertz CT molecular complexity index is 1200. The molecule has 168 valence electrons. The molecular weight excluding hydrogens is 418 g/mol. The van der Waals surface area contributed by atoms with Gasteiger partial charge in [-0.1, -0.05) is 11.8 Å². The molecule has 3 rings (SSSR count). The first kappa shape index (κ1) is 23.4. The maximum Gasteiger partial charge on any atom is 0.257 e. The number of amides is 1. The average molecular weight is 444 g/mol. The molecule has 3 aromatic rings. The van der Waals surface area contributed by atoms with Crippen LogP contribution in [0.5, 0.6) is 5.75 Å². The molecule has 1 amide bonds. The second kappa shape index (κ2) is 11.4. The second-order valence-corrected chi connectivity index (χ2v) is 7.30. The van der Waals surface area contributed by atoms with Crippen LogP contribution in [0.15, 0.2) is 54.7 Å². The van der Waals surface area contributed by atoms with Gasteiger partial charge < -0.3 is 20.1 Å². The van der Waals surface area contributed by atoms with Crippen molar-refractivity contribution in [3.63, 3.8) is 0 Å². The number of nitriles is 1. The highest BCUT2D eigenvalue weighted by atomic mass is 16.5.